The molecule has 2 saturated heterocycles. The van der Waals surface area contributed by atoms with E-state index in [9.17, 15) is 19.6 Å². The van der Waals surface area contributed by atoms with Gasteiger partial charge in [0.1, 0.15) is 18.1 Å². The average Bonchev–Trinajstić information content (AvgIpc) is 3.16. The Kier molecular flexibility index (Phi) is 6.76. The number of carbonyl (C=O) groups excluding carboxylic acids is 3. The molecule has 1 aromatic rings. The standard InChI is InChI=1S/C27H38N6O3/c1-15-7-8-17(13-30-15)31-22(26(2,3)4)25(36)33-14-19-20(27(19,5)6)21(33)24(35)32-18(12-28)11-16-9-10-29-23(16)34/h7-8,13,16,18-22,31H,9-11,14H2,1-6H3,(H,29,34)(H,32,35)/t16-,18-,19-,20-,21-,22+/m0/s1. The van der Waals surface area contributed by atoms with Gasteiger partial charge in [-0.2, -0.15) is 5.26 Å². The Bertz CT molecular complexity index is 1070. The first kappa shape index (κ1) is 25.9. The highest BCUT2D eigenvalue weighted by molar-refractivity contribution is 5.93. The van der Waals surface area contributed by atoms with E-state index in [2.05, 4.69) is 40.9 Å². The number of nitrogens with one attached hydrogen (secondary N) is 3. The molecular formula is C27H38N6O3. The van der Waals surface area contributed by atoms with Crippen molar-refractivity contribution in [2.45, 2.75) is 72.5 Å². The van der Waals surface area contributed by atoms with Gasteiger partial charge in [-0.05, 0) is 54.6 Å². The van der Waals surface area contributed by atoms with Gasteiger partial charge in [0.15, 0.2) is 0 Å². The summed E-state index contributed by atoms with van der Waals surface area (Å²) in [6, 6.07) is 3.95. The van der Waals surface area contributed by atoms with Crippen LogP contribution in [0.25, 0.3) is 0 Å². The van der Waals surface area contributed by atoms with E-state index < -0.39 is 23.5 Å². The summed E-state index contributed by atoms with van der Waals surface area (Å²) >= 11 is 0. The summed E-state index contributed by atoms with van der Waals surface area (Å²) in [7, 11) is 0. The number of nitriles is 1. The highest BCUT2D eigenvalue weighted by Gasteiger charge is 2.69. The number of likely N-dealkylation sites (tertiary alicyclic amines) is 1. The van der Waals surface area contributed by atoms with E-state index >= 15 is 0 Å². The fourth-order valence-corrected chi connectivity index (χ4v) is 5.90. The molecule has 0 spiro atoms. The summed E-state index contributed by atoms with van der Waals surface area (Å²) in [5, 5.41) is 18.7. The summed E-state index contributed by atoms with van der Waals surface area (Å²) in [6.07, 6.45) is 2.65. The van der Waals surface area contributed by atoms with E-state index in [4.69, 9.17) is 0 Å². The second-order valence-electron chi connectivity index (χ2n) is 12.2. The first-order valence-corrected chi connectivity index (χ1v) is 12.8. The Hall–Kier alpha value is -3.15. The lowest BCUT2D eigenvalue weighted by Gasteiger charge is -2.38. The van der Waals surface area contributed by atoms with Gasteiger partial charge in [0, 0.05) is 24.7 Å². The number of piperidine rings is 1. The van der Waals surface area contributed by atoms with Gasteiger partial charge in [0.2, 0.25) is 17.7 Å². The van der Waals surface area contributed by atoms with Crippen LogP contribution in [0.1, 0.15) is 53.2 Å². The number of carbonyl (C=O) groups is 3. The molecule has 1 aliphatic carbocycles. The minimum Gasteiger partial charge on any atom is -0.372 e. The van der Waals surface area contributed by atoms with Crippen molar-refractivity contribution in [2.24, 2.45) is 28.6 Å². The predicted molar refractivity (Wildman–Crippen MR) is 135 cm³/mol. The SMILES string of the molecule is Cc1ccc(N[C@H](C(=O)N2C[C@H]3[C@@H]([C@H]2C(=O)N[C@H](C#N)C[C@@H]2CCNC2=O)C3(C)C)C(C)(C)C)cn1. The van der Waals surface area contributed by atoms with Crippen molar-refractivity contribution < 1.29 is 14.4 Å². The smallest absolute Gasteiger partial charge is 0.246 e. The number of rotatable bonds is 7. The minimum atomic E-state index is -0.778. The van der Waals surface area contributed by atoms with Crippen LogP contribution >= 0.6 is 0 Å². The molecular weight excluding hydrogens is 456 g/mol. The maximum atomic E-state index is 14.0. The van der Waals surface area contributed by atoms with Gasteiger partial charge >= 0.3 is 0 Å². The molecule has 4 rings (SSSR count). The molecule has 2 aliphatic heterocycles. The van der Waals surface area contributed by atoms with Crippen LogP contribution in [0.4, 0.5) is 5.69 Å². The van der Waals surface area contributed by atoms with Crippen LogP contribution < -0.4 is 16.0 Å². The van der Waals surface area contributed by atoms with E-state index in [-0.39, 0.29) is 47.3 Å². The van der Waals surface area contributed by atoms with Crippen molar-refractivity contribution in [3.8, 4) is 6.07 Å². The van der Waals surface area contributed by atoms with Crippen molar-refractivity contribution >= 4 is 23.4 Å². The molecule has 0 unspecified atom stereocenters. The molecule has 3 aliphatic rings. The largest absolute Gasteiger partial charge is 0.372 e. The Balaban J connectivity index is 1.53. The van der Waals surface area contributed by atoms with Crippen LogP contribution in [-0.4, -0.2) is 58.8 Å². The van der Waals surface area contributed by atoms with Gasteiger partial charge in [-0.1, -0.05) is 34.6 Å². The van der Waals surface area contributed by atoms with Gasteiger partial charge in [-0.15, -0.1) is 0 Å². The number of aromatic nitrogens is 1. The van der Waals surface area contributed by atoms with Gasteiger partial charge < -0.3 is 20.9 Å². The molecule has 9 heteroatoms. The van der Waals surface area contributed by atoms with E-state index in [0.29, 0.717) is 19.5 Å². The number of hydrogen-bond acceptors (Lipinski definition) is 6. The summed E-state index contributed by atoms with van der Waals surface area (Å²) in [5.41, 5.74) is 1.17. The summed E-state index contributed by atoms with van der Waals surface area (Å²) in [6.45, 7) is 13.3. The molecule has 3 amide bonds. The van der Waals surface area contributed by atoms with Crippen molar-refractivity contribution in [1.29, 1.82) is 5.26 Å². The molecule has 1 aromatic heterocycles. The molecule has 3 heterocycles. The number of hydrogen-bond donors (Lipinski definition) is 3. The second-order valence-corrected chi connectivity index (χ2v) is 12.2. The van der Waals surface area contributed by atoms with Gasteiger partial charge in [-0.3, -0.25) is 19.4 Å². The van der Waals surface area contributed by atoms with Gasteiger partial charge in [0.25, 0.3) is 0 Å². The van der Waals surface area contributed by atoms with Crippen molar-refractivity contribution in [1.82, 2.24) is 20.5 Å². The first-order chi connectivity index (χ1) is 16.8. The number of anilines is 1. The van der Waals surface area contributed by atoms with Gasteiger partial charge in [-0.25, -0.2) is 0 Å². The quantitative estimate of drug-likeness (QED) is 0.533. The zero-order valence-electron chi connectivity index (χ0n) is 22.1. The second kappa shape index (κ2) is 9.38. The summed E-state index contributed by atoms with van der Waals surface area (Å²) in [4.78, 5) is 45.6. The fourth-order valence-electron chi connectivity index (χ4n) is 5.90. The lowest BCUT2D eigenvalue weighted by molar-refractivity contribution is -0.142. The lowest BCUT2D eigenvalue weighted by atomic mass is 9.85. The molecule has 9 nitrogen and oxygen atoms in total. The summed E-state index contributed by atoms with van der Waals surface area (Å²) in [5.74, 6) is -0.516. The topological polar surface area (TPSA) is 127 Å². The number of aryl methyl sites for hydroxylation is 1. The molecule has 0 aromatic carbocycles. The molecule has 194 valence electrons. The molecule has 1 saturated carbocycles. The highest BCUT2D eigenvalue weighted by Crippen LogP contribution is 2.65. The molecule has 0 radical (unpaired) electrons. The zero-order chi connectivity index (χ0) is 26.4. The fraction of sp³-hybridized carbons (Fsp3) is 0.667. The average molecular weight is 495 g/mol. The number of pyridine rings is 1. The van der Waals surface area contributed by atoms with Crippen LogP contribution in [0.3, 0.4) is 0 Å². The third-order valence-corrected chi connectivity index (χ3v) is 8.25. The van der Waals surface area contributed by atoms with E-state index in [1.165, 1.54) is 0 Å². The van der Waals surface area contributed by atoms with Crippen LogP contribution in [0.15, 0.2) is 18.3 Å². The molecule has 0 bridgehead atoms. The monoisotopic (exact) mass is 494 g/mol. The Morgan fingerprint density at radius 3 is 2.61 bits per heavy atom. The van der Waals surface area contributed by atoms with Crippen molar-refractivity contribution in [3.63, 3.8) is 0 Å². The Labute approximate surface area is 213 Å². The molecule has 6 atom stereocenters. The van der Waals surface area contributed by atoms with Crippen molar-refractivity contribution in [3.05, 3.63) is 24.0 Å². The number of fused-ring (bicyclic) bond motifs is 1. The van der Waals surface area contributed by atoms with E-state index in [1.807, 2.05) is 39.8 Å². The molecule has 36 heavy (non-hydrogen) atoms. The number of amides is 3. The van der Waals surface area contributed by atoms with Crippen LogP contribution in [0.5, 0.6) is 0 Å². The van der Waals surface area contributed by atoms with Crippen molar-refractivity contribution in [2.75, 3.05) is 18.4 Å². The maximum absolute atomic E-state index is 14.0. The highest BCUT2D eigenvalue weighted by atomic mass is 16.2. The van der Waals surface area contributed by atoms with Gasteiger partial charge in [0.05, 0.1) is 18.0 Å². The maximum Gasteiger partial charge on any atom is 0.246 e. The molecule has 3 fully saturated rings. The third kappa shape index (κ3) is 4.91. The molecule has 3 N–H and O–H groups in total. The van der Waals surface area contributed by atoms with E-state index in [0.717, 1.165) is 11.4 Å². The van der Waals surface area contributed by atoms with Crippen LogP contribution in [0, 0.1) is 46.8 Å². The Morgan fingerprint density at radius 1 is 1.33 bits per heavy atom. The van der Waals surface area contributed by atoms with Crippen LogP contribution in [0.2, 0.25) is 0 Å². The number of nitrogens with zero attached hydrogens (tertiary/aromatic N) is 3. The van der Waals surface area contributed by atoms with E-state index in [1.54, 1.807) is 11.1 Å². The summed E-state index contributed by atoms with van der Waals surface area (Å²) < 4.78 is 0. The normalized spacial score (nSPS) is 27.9. The lowest BCUT2D eigenvalue weighted by Crippen LogP contribution is -2.57. The first-order valence-electron chi connectivity index (χ1n) is 12.8. The predicted octanol–water partition coefficient (Wildman–Crippen LogP) is 2.23. The zero-order valence-corrected chi connectivity index (χ0v) is 22.1. The Morgan fingerprint density at radius 2 is 2.06 bits per heavy atom. The third-order valence-electron chi connectivity index (χ3n) is 8.25. The minimum absolute atomic E-state index is 0.0391. The van der Waals surface area contributed by atoms with Crippen LogP contribution in [-0.2, 0) is 14.4 Å².